The maximum Gasteiger partial charge on any atom is 0.399 e. The average Bonchev–Trinajstić information content (AvgIpc) is 2.79. The fourth-order valence-electron chi connectivity index (χ4n) is 3.38. The molecule has 3 rings (SSSR count). The lowest BCUT2D eigenvalue weighted by atomic mass is 10.1. The molecule has 4 nitrogen and oxygen atoms in total. The number of alkyl halides is 2. The van der Waals surface area contributed by atoms with Gasteiger partial charge in [-0.3, -0.25) is 4.57 Å². The predicted molar refractivity (Wildman–Crippen MR) is 110 cm³/mol. The minimum absolute atomic E-state index is 0.0519. The number of hydrogen-bond donors (Lipinski definition) is 2. The summed E-state index contributed by atoms with van der Waals surface area (Å²) in [5.74, 6) is 0. The van der Waals surface area contributed by atoms with Crippen molar-refractivity contribution in [2.45, 2.75) is 33.0 Å². The van der Waals surface area contributed by atoms with Crippen molar-refractivity contribution < 1.29 is 23.1 Å². The first kappa shape index (κ1) is 21.5. The molecular formula is C19H18BrClF2NO3P. The molecule has 9 heteroatoms. The molecule has 1 aromatic heterocycles. The van der Waals surface area contributed by atoms with Crippen molar-refractivity contribution in [3.8, 4) is 0 Å². The van der Waals surface area contributed by atoms with E-state index < -0.39 is 18.8 Å². The summed E-state index contributed by atoms with van der Waals surface area (Å²) in [4.78, 5) is 17.9. The Morgan fingerprint density at radius 3 is 2.39 bits per heavy atom. The molecule has 2 N–H and O–H groups in total. The summed E-state index contributed by atoms with van der Waals surface area (Å²) in [6.07, 6.45) is 0. The lowest BCUT2D eigenvalue weighted by Crippen LogP contribution is -2.15. The topological polar surface area (TPSA) is 62.5 Å². The monoisotopic (exact) mass is 491 g/mol. The Morgan fingerprint density at radius 1 is 1.18 bits per heavy atom. The fraction of sp³-hybridized carbons (Fsp3) is 0.263. The molecule has 2 aromatic carbocycles. The van der Waals surface area contributed by atoms with Gasteiger partial charge in [-0.15, -0.1) is 0 Å². The van der Waals surface area contributed by atoms with Crippen molar-refractivity contribution in [3.63, 3.8) is 0 Å². The Balaban J connectivity index is 2.08. The molecule has 0 aliphatic rings. The highest BCUT2D eigenvalue weighted by Crippen LogP contribution is 2.60. The van der Waals surface area contributed by atoms with Crippen LogP contribution in [0, 0.1) is 20.8 Å². The Labute approximate surface area is 174 Å². The number of nitrogens with zero attached hydrogens (tertiary/aromatic N) is 1. The van der Waals surface area contributed by atoms with E-state index in [-0.39, 0.29) is 4.47 Å². The lowest BCUT2D eigenvalue weighted by molar-refractivity contribution is 0.0557. The molecule has 0 radical (unpaired) electrons. The molecule has 28 heavy (non-hydrogen) atoms. The van der Waals surface area contributed by atoms with Crippen LogP contribution in [0.1, 0.15) is 27.9 Å². The van der Waals surface area contributed by atoms with Gasteiger partial charge in [0, 0.05) is 32.7 Å². The molecule has 0 aliphatic heterocycles. The number of halogens is 4. The van der Waals surface area contributed by atoms with Crippen LogP contribution in [0.15, 0.2) is 34.8 Å². The Morgan fingerprint density at radius 2 is 1.82 bits per heavy atom. The number of rotatable bonds is 4. The van der Waals surface area contributed by atoms with Crippen molar-refractivity contribution in [1.29, 1.82) is 0 Å². The summed E-state index contributed by atoms with van der Waals surface area (Å²) in [5, 5.41) is 1.68. The first-order valence-corrected chi connectivity index (χ1v) is 11.1. The summed E-state index contributed by atoms with van der Waals surface area (Å²) < 4.78 is 41.3. The molecule has 0 bridgehead atoms. The van der Waals surface area contributed by atoms with E-state index in [1.807, 2.05) is 32.9 Å². The van der Waals surface area contributed by atoms with Crippen LogP contribution in [0.5, 0.6) is 0 Å². The van der Waals surface area contributed by atoms with E-state index in [4.69, 9.17) is 21.4 Å². The minimum atomic E-state index is -5.63. The van der Waals surface area contributed by atoms with Crippen LogP contribution >= 0.6 is 35.1 Å². The second-order valence-electron chi connectivity index (χ2n) is 6.81. The van der Waals surface area contributed by atoms with Crippen molar-refractivity contribution in [2.24, 2.45) is 0 Å². The van der Waals surface area contributed by atoms with Crippen LogP contribution in [-0.2, 0) is 16.8 Å². The third-order valence-corrected chi connectivity index (χ3v) is 6.80. The lowest BCUT2D eigenvalue weighted by Gasteiger charge is -2.20. The van der Waals surface area contributed by atoms with Crippen molar-refractivity contribution in [1.82, 2.24) is 4.57 Å². The first-order chi connectivity index (χ1) is 12.8. The molecule has 0 fully saturated rings. The maximum atomic E-state index is 14.0. The van der Waals surface area contributed by atoms with Crippen LogP contribution < -0.4 is 0 Å². The number of fused-ring (bicyclic) bond motifs is 1. The van der Waals surface area contributed by atoms with Crippen molar-refractivity contribution in [2.75, 3.05) is 0 Å². The first-order valence-electron chi connectivity index (χ1n) is 8.32. The molecule has 3 aromatic rings. The van der Waals surface area contributed by atoms with Crippen LogP contribution in [0.2, 0.25) is 5.02 Å². The van der Waals surface area contributed by atoms with Gasteiger partial charge in [0.1, 0.15) is 0 Å². The van der Waals surface area contributed by atoms with E-state index in [9.17, 15) is 13.3 Å². The summed E-state index contributed by atoms with van der Waals surface area (Å²) in [7, 11) is -5.63. The van der Waals surface area contributed by atoms with Crippen LogP contribution in [0.3, 0.4) is 0 Å². The van der Waals surface area contributed by atoms with E-state index >= 15 is 0 Å². The molecular weight excluding hydrogens is 475 g/mol. The average molecular weight is 493 g/mol. The SMILES string of the molecule is Cc1c(C)n(Cc2ccc(C(F)(F)P(=O)(O)O)c(Br)c2)c2c(C)cc(Cl)cc12. The molecule has 0 atom stereocenters. The van der Waals surface area contributed by atoms with E-state index in [1.165, 1.54) is 12.1 Å². The highest BCUT2D eigenvalue weighted by molar-refractivity contribution is 9.10. The largest absolute Gasteiger partial charge is 0.399 e. The smallest absolute Gasteiger partial charge is 0.340 e. The van der Waals surface area contributed by atoms with E-state index in [1.54, 1.807) is 0 Å². The van der Waals surface area contributed by atoms with Crippen molar-refractivity contribution >= 4 is 46.0 Å². The van der Waals surface area contributed by atoms with Gasteiger partial charge in [0.05, 0.1) is 5.52 Å². The van der Waals surface area contributed by atoms with E-state index in [0.717, 1.165) is 33.8 Å². The summed E-state index contributed by atoms with van der Waals surface area (Å²) in [5.41, 5.74) is -0.151. The Hall–Kier alpha value is -1.24. The molecule has 0 aliphatic carbocycles. The van der Waals surface area contributed by atoms with Crippen LogP contribution in [0.4, 0.5) is 8.78 Å². The standard InChI is InChI=1S/C19H18BrClF2NO3P/c1-10-6-14(21)8-15-11(2)12(3)24(18(10)15)9-13-4-5-16(17(20)7-13)19(22,23)28(25,26)27/h4-8H,9H2,1-3H3,(H2,25,26,27). The van der Waals surface area contributed by atoms with E-state index in [0.29, 0.717) is 17.1 Å². The quantitative estimate of drug-likeness (QED) is 0.423. The number of benzene rings is 2. The van der Waals surface area contributed by atoms with Crippen LogP contribution in [0.25, 0.3) is 10.9 Å². The third kappa shape index (κ3) is 3.55. The molecule has 0 unspecified atom stereocenters. The van der Waals surface area contributed by atoms with Gasteiger partial charge in [0.2, 0.25) is 0 Å². The van der Waals surface area contributed by atoms with Gasteiger partial charge in [-0.1, -0.05) is 39.7 Å². The zero-order valence-corrected chi connectivity index (χ0v) is 18.5. The molecule has 0 saturated carbocycles. The highest BCUT2D eigenvalue weighted by atomic mass is 79.9. The molecule has 0 saturated heterocycles. The minimum Gasteiger partial charge on any atom is -0.340 e. The van der Waals surface area contributed by atoms with Gasteiger partial charge in [0.15, 0.2) is 0 Å². The number of hydrogen-bond acceptors (Lipinski definition) is 1. The van der Waals surface area contributed by atoms with Gasteiger partial charge < -0.3 is 14.4 Å². The summed E-state index contributed by atoms with van der Waals surface area (Å²) >= 11 is 9.22. The maximum absolute atomic E-state index is 14.0. The van der Waals surface area contributed by atoms with Gasteiger partial charge >= 0.3 is 13.3 Å². The van der Waals surface area contributed by atoms with E-state index in [2.05, 4.69) is 20.5 Å². The molecule has 150 valence electrons. The normalized spacial score (nSPS) is 12.8. The zero-order chi connectivity index (χ0) is 21.0. The van der Waals surface area contributed by atoms with Gasteiger partial charge in [0.25, 0.3) is 0 Å². The third-order valence-electron chi connectivity index (χ3n) is 4.95. The Kier molecular flexibility index (Phi) is 5.54. The second kappa shape index (κ2) is 7.22. The Bertz CT molecular complexity index is 1140. The molecule has 0 amide bonds. The molecule has 0 spiro atoms. The summed E-state index contributed by atoms with van der Waals surface area (Å²) in [6.45, 7) is 6.36. The fourth-order valence-corrected chi connectivity index (χ4v) is 4.99. The van der Waals surface area contributed by atoms with Gasteiger partial charge in [-0.05, 0) is 55.7 Å². The van der Waals surface area contributed by atoms with Crippen LogP contribution in [-0.4, -0.2) is 14.4 Å². The second-order valence-corrected chi connectivity index (χ2v) is 9.76. The highest BCUT2D eigenvalue weighted by Gasteiger charge is 2.51. The number of aromatic nitrogens is 1. The zero-order valence-electron chi connectivity index (χ0n) is 15.3. The predicted octanol–water partition coefficient (Wildman–Crippen LogP) is 6.26. The summed E-state index contributed by atoms with van der Waals surface area (Å²) in [6, 6.07) is 7.75. The molecule has 1 heterocycles. The van der Waals surface area contributed by atoms with Gasteiger partial charge in [-0.2, -0.15) is 8.78 Å². The number of aryl methyl sites for hydroxylation is 2. The van der Waals surface area contributed by atoms with Crippen molar-refractivity contribution in [3.05, 3.63) is 67.8 Å². The van der Waals surface area contributed by atoms with Gasteiger partial charge in [-0.25, -0.2) is 0 Å².